The molecule has 6 heteroatoms. The van der Waals surface area contributed by atoms with Crippen LogP contribution in [0.25, 0.3) is 0 Å². The van der Waals surface area contributed by atoms with Crippen molar-refractivity contribution in [2.75, 3.05) is 45.9 Å². The van der Waals surface area contributed by atoms with Crippen LogP contribution < -0.4 is 5.32 Å². The van der Waals surface area contributed by atoms with E-state index in [0.29, 0.717) is 11.9 Å². The molecule has 0 aromatic heterocycles. The minimum atomic E-state index is 0. The number of carbonyl (C=O) groups excluding carboxylic acids is 1. The molecule has 19 heavy (non-hydrogen) atoms. The zero-order valence-electron chi connectivity index (χ0n) is 11.7. The normalized spacial score (nSPS) is 28.8. The van der Waals surface area contributed by atoms with E-state index in [2.05, 4.69) is 17.1 Å². The van der Waals surface area contributed by atoms with Gasteiger partial charge in [0.05, 0.1) is 6.61 Å². The molecule has 112 valence electrons. The summed E-state index contributed by atoms with van der Waals surface area (Å²) in [7, 11) is 0. The highest BCUT2D eigenvalue weighted by Gasteiger charge is 2.30. The van der Waals surface area contributed by atoms with Crippen molar-refractivity contribution in [3.63, 3.8) is 0 Å². The number of amides is 1. The van der Waals surface area contributed by atoms with Crippen molar-refractivity contribution in [1.82, 2.24) is 15.1 Å². The Labute approximate surface area is 121 Å². The van der Waals surface area contributed by atoms with Crippen LogP contribution in [0.1, 0.15) is 19.8 Å². The molecule has 5 nitrogen and oxygen atoms in total. The second kappa shape index (κ2) is 8.04. The van der Waals surface area contributed by atoms with Crippen molar-refractivity contribution in [2.45, 2.75) is 25.8 Å². The van der Waals surface area contributed by atoms with E-state index in [1.54, 1.807) is 0 Å². The molecule has 0 bridgehead atoms. The highest BCUT2D eigenvalue weighted by atomic mass is 35.5. The smallest absolute Gasteiger partial charge is 0.225 e. The highest BCUT2D eigenvalue weighted by molar-refractivity contribution is 5.85. The Morgan fingerprint density at radius 1 is 1.32 bits per heavy atom. The zero-order valence-corrected chi connectivity index (χ0v) is 12.5. The van der Waals surface area contributed by atoms with E-state index in [-0.39, 0.29) is 24.9 Å². The zero-order chi connectivity index (χ0) is 13.0. The first-order valence-electron chi connectivity index (χ1n) is 7.06. The van der Waals surface area contributed by atoms with Crippen molar-refractivity contribution in [1.29, 1.82) is 0 Å². The van der Waals surface area contributed by atoms with Gasteiger partial charge in [-0.3, -0.25) is 9.69 Å². The molecule has 2 fully saturated rings. The van der Waals surface area contributed by atoms with Crippen LogP contribution >= 0.6 is 12.4 Å². The molecule has 2 aliphatic rings. The summed E-state index contributed by atoms with van der Waals surface area (Å²) in [6.45, 7) is 7.47. The van der Waals surface area contributed by atoms with Crippen LogP contribution in [0, 0.1) is 5.92 Å². The standard InChI is InChI=1S/C13H25N3O2.ClH/c1-11-10-12(2-3-14-11)13(18)16-6-4-15(5-7-16)8-9-17;/h11-12,14,17H,2-10H2,1H3;1H/t11-,12-;/m0./s1. The van der Waals surface area contributed by atoms with E-state index in [1.807, 2.05) is 4.90 Å². The van der Waals surface area contributed by atoms with E-state index in [4.69, 9.17) is 5.11 Å². The molecule has 2 rings (SSSR count). The van der Waals surface area contributed by atoms with Gasteiger partial charge in [-0.15, -0.1) is 12.4 Å². The fourth-order valence-electron chi connectivity index (χ4n) is 2.95. The number of carbonyl (C=O) groups is 1. The molecule has 2 aliphatic heterocycles. The van der Waals surface area contributed by atoms with Crippen LogP contribution in [0.4, 0.5) is 0 Å². The van der Waals surface area contributed by atoms with Crippen molar-refractivity contribution in [3.05, 3.63) is 0 Å². The number of nitrogens with zero attached hydrogens (tertiary/aromatic N) is 2. The summed E-state index contributed by atoms with van der Waals surface area (Å²) in [5.74, 6) is 0.553. The van der Waals surface area contributed by atoms with Crippen LogP contribution in [-0.4, -0.2) is 72.7 Å². The van der Waals surface area contributed by atoms with Crippen molar-refractivity contribution >= 4 is 18.3 Å². The number of aliphatic hydroxyl groups excluding tert-OH is 1. The quantitative estimate of drug-likeness (QED) is 0.765. The number of hydrogen-bond acceptors (Lipinski definition) is 4. The first-order valence-corrected chi connectivity index (χ1v) is 7.06. The fourth-order valence-corrected chi connectivity index (χ4v) is 2.95. The van der Waals surface area contributed by atoms with Gasteiger partial charge in [-0.1, -0.05) is 0 Å². The number of aliphatic hydroxyl groups is 1. The Morgan fingerprint density at radius 2 is 2.00 bits per heavy atom. The molecule has 2 atom stereocenters. The van der Waals surface area contributed by atoms with Gasteiger partial charge in [0.25, 0.3) is 0 Å². The summed E-state index contributed by atoms with van der Waals surface area (Å²) < 4.78 is 0. The monoisotopic (exact) mass is 291 g/mol. The lowest BCUT2D eigenvalue weighted by atomic mass is 9.92. The average molecular weight is 292 g/mol. The van der Waals surface area contributed by atoms with Crippen LogP contribution in [0.5, 0.6) is 0 Å². The van der Waals surface area contributed by atoms with E-state index < -0.39 is 0 Å². The molecule has 2 N–H and O–H groups in total. The molecule has 0 unspecified atom stereocenters. The maximum atomic E-state index is 12.4. The Morgan fingerprint density at radius 3 is 2.58 bits per heavy atom. The Bertz CT molecular complexity index is 283. The summed E-state index contributed by atoms with van der Waals surface area (Å²) in [5.41, 5.74) is 0. The molecular weight excluding hydrogens is 266 g/mol. The SMILES string of the molecule is C[C@H]1C[C@@H](C(=O)N2CCN(CCO)CC2)CCN1.Cl. The minimum absolute atomic E-state index is 0. The van der Waals surface area contributed by atoms with E-state index >= 15 is 0 Å². The lowest BCUT2D eigenvalue weighted by Crippen LogP contribution is -2.52. The van der Waals surface area contributed by atoms with E-state index in [0.717, 1.165) is 52.1 Å². The minimum Gasteiger partial charge on any atom is -0.395 e. The third-order valence-electron chi connectivity index (χ3n) is 4.07. The molecule has 0 radical (unpaired) electrons. The third-order valence-corrected chi connectivity index (χ3v) is 4.07. The first kappa shape index (κ1) is 16.7. The molecule has 0 aromatic rings. The van der Waals surface area contributed by atoms with Gasteiger partial charge in [0.2, 0.25) is 5.91 Å². The first-order chi connectivity index (χ1) is 8.70. The number of piperidine rings is 1. The predicted molar refractivity (Wildman–Crippen MR) is 77.5 cm³/mol. The largest absolute Gasteiger partial charge is 0.395 e. The Kier molecular flexibility index (Phi) is 7.07. The lowest BCUT2D eigenvalue weighted by Gasteiger charge is -2.37. The molecule has 0 aliphatic carbocycles. The average Bonchev–Trinajstić information content (AvgIpc) is 2.39. The topological polar surface area (TPSA) is 55.8 Å². The van der Waals surface area contributed by atoms with Gasteiger partial charge in [-0.25, -0.2) is 0 Å². The fraction of sp³-hybridized carbons (Fsp3) is 0.923. The second-order valence-corrected chi connectivity index (χ2v) is 5.47. The number of nitrogens with one attached hydrogen (secondary N) is 1. The molecule has 0 saturated carbocycles. The van der Waals surface area contributed by atoms with Crippen LogP contribution in [0.3, 0.4) is 0 Å². The maximum Gasteiger partial charge on any atom is 0.225 e. The third kappa shape index (κ3) is 4.60. The summed E-state index contributed by atoms with van der Waals surface area (Å²) >= 11 is 0. The summed E-state index contributed by atoms with van der Waals surface area (Å²) in [6.07, 6.45) is 1.94. The molecule has 2 heterocycles. The number of hydrogen-bond donors (Lipinski definition) is 2. The van der Waals surface area contributed by atoms with Gasteiger partial charge in [0.15, 0.2) is 0 Å². The molecular formula is C13H26ClN3O2. The number of β-amino-alcohol motifs (C(OH)–C–C–N with tert-alkyl or cyclic N) is 1. The molecule has 0 aromatic carbocycles. The van der Waals surface area contributed by atoms with Crippen molar-refractivity contribution in [2.24, 2.45) is 5.92 Å². The van der Waals surface area contributed by atoms with Gasteiger partial charge >= 0.3 is 0 Å². The summed E-state index contributed by atoms with van der Waals surface area (Å²) in [6, 6.07) is 0.461. The maximum absolute atomic E-state index is 12.4. The van der Waals surface area contributed by atoms with Crippen molar-refractivity contribution < 1.29 is 9.90 Å². The lowest BCUT2D eigenvalue weighted by molar-refractivity contribution is -0.138. The summed E-state index contributed by atoms with van der Waals surface area (Å²) in [5, 5.41) is 12.3. The van der Waals surface area contributed by atoms with Gasteiger partial charge in [-0.05, 0) is 26.3 Å². The number of rotatable bonds is 3. The van der Waals surface area contributed by atoms with Crippen LogP contribution in [0.15, 0.2) is 0 Å². The summed E-state index contributed by atoms with van der Waals surface area (Å²) in [4.78, 5) is 16.6. The van der Waals surface area contributed by atoms with E-state index in [1.165, 1.54) is 0 Å². The van der Waals surface area contributed by atoms with Crippen LogP contribution in [-0.2, 0) is 4.79 Å². The number of piperazine rings is 1. The Hall–Kier alpha value is -0.360. The van der Waals surface area contributed by atoms with Gasteiger partial charge in [0.1, 0.15) is 0 Å². The predicted octanol–water partition coefficient (Wildman–Crippen LogP) is -0.0672. The van der Waals surface area contributed by atoms with Gasteiger partial charge in [-0.2, -0.15) is 0 Å². The highest BCUT2D eigenvalue weighted by Crippen LogP contribution is 2.19. The second-order valence-electron chi connectivity index (χ2n) is 5.47. The molecule has 2 saturated heterocycles. The number of halogens is 1. The molecule has 1 amide bonds. The van der Waals surface area contributed by atoms with Gasteiger partial charge in [0, 0.05) is 44.7 Å². The van der Waals surface area contributed by atoms with Crippen molar-refractivity contribution in [3.8, 4) is 0 Å². The molecule has 0 spiro atoms. The Balaban J connectivity index is 0.00000180. The van der Waals surface area contributed by atoms with Gasteiger partial charge < -0.3 is 15.3 Å². The van der Waals surface area contributed by atoms with Crippen LogP contribution in [0.2, 0.25) is 0 Å². The van der Waals surface area contributed by atoms with E-state index in [9.17, 15) is 4.79 Å².